The standard InChI is InChI=1S/C9H18N2O2.Li/c1-7-6-10(3)4-5-11(7)8(2)9(12)13;/h7-8H,4-6H2,1-3H3,(H,12,13);/q;+1/p-1. The summed E-state index contributed by atoms with van der Waals surface area (Å²) in [6.45, 7) is 6.42. The summed E-state index contributed by atoms with van der Waals surface area (Å²) in [4.78, 5) is 14.9. The predicted octanol–water partition coefficient (Wildman–Crippen LogP) is -4.24. The molecule has 0 bridgehead atoms. The van der Waals surface area contributed by atoms with Gasteiger partial charge in [-0.1, -0.05) is 0 Å². The largest absolute Gasteiger partial charge is 1.00 e. The number of carboxylic acids is 1. The molecule has 4 nitrogen and oxygen atoms in total. The third kappa shape index (κ3) is 3.29. The number of carbonyl (C=O) groups is 1. The first-order valence-electron chi connectivity index (χ1n) is 4.67. The zero-order valence-corrected chi connectivity index (χ0v) is 9.49. The zero-order chi connectivity index (χ0) is 10.0. The van der Waals surface area contributed by atoms with Gasteiger partial charge in [0.1, 0.15) is 0 Å². The van der Waals surface area contributed by atoms with E-state index < -0.39 is 12.0 Å². The summed E-state index contributed by atoms with van der Waals surface area (Å²) in [7, 11) is 2.05. The number of carbonyl (C=O) groups excluding carboxylic acids is 1. The second kappa shape index (κ2) is 5.77. The van der Waals surface area contributed by atoms with Crippen molar-refractivity contribution in [1.82, 2.24) is 9.80 Å². The number of likely N-dealkylation sites (N-methyl/N-ethyl adjacent to an activating group) is 1. The second-order valence-corrected chi connectivity index (χ2v) is 3.84. The maximum atomic E-state index is 10.7. The van der Waals surface area contributed by atoms with E-state index >= 15 is 0 Å². The third-order valence-corrected chi connectivity index (χ3v) is 2.72. The molecule has 0 saturated carbocycles. The Morgan fingerprint density at radius 2 is 2.07 bits per heavy atom. The molecule has 1 aliphatic heterocycles. The molecule has 5 heteroatoms. The van der Waals surface area contributed by atoms with Crippen LogP contribution < -0.4 is 24.0 Å². The van der Waals surface area contributed by atoms with Crippen LogP contribution in [0.15, 0.2) is 0 Å². The van der Waals surface area contributed by atoms with Crippen molar-refractivity contribution >= 4 is 5.97 Å². The van der Waals surface area contributed by atoms with Gasteiger partial charge in [-0.15, -0.1) is 0 Å². The molecule has 1 fully saturated rings. The van der Waals surface area contributed by atoms with Crippen LogP contribution in [-0.2, 0) is 4.79 Å². The Labute approximate surface area is 97.4 Å². The summed E-state index contributed by atoms with van der Waals surface area (Å²) < 4.78 is 0. The fourth-order valence-corrected chi connectivity index (χ4v) is 1.86. The maximum Gasteiger partial charge on any atom is 1.00 e. The van der Waals surface area contributed by atoms with E-state index in [0.29, 0.717) is 6.04 Å². The molecule has 0 radical (unpaired) electrons. The van der Waals surface area contributed by atoms with E-state index in [1.54, 1.807) is 6.92 Å². The number of carboxylic acid groups (broad SMARTS) is 1. The van der Waals surface area contributed by atoms with Crippen molar-refractivity contribution in [2.75, 3.05) is 26.7 Å². The summed E-state index contributed by atoms with van der Waals surface area (Å²) in [5.74, 6) is -0.976. The molecule has 1 rings (SSSR count). The third-order valence-electron chi connectivity index (χ3n) is 2.72. The Kier molecular flexibility index (Phi) is 5.76. The van der Waals surface area contributed by atoms with Crippen LogP contribution in [-0.4, -0.2) is 54.5 Å². The molecule has 0 N–H and O–H groups in total. The molecule has 0 aromatic carbocycles. The van der Waals surface area contributed by atoms with Gasteiger partial charge in [-0.3, -0.25) is 4.90 Å². The predicted molar refractivity (Wildman–Crippen MR) is 48.1 cm³/mol. The molecule has 0 aromatic rings. The molecule has 76 valence electrons. The van der Waals surface area contributed by atoms with Crippen molar-refractivity contribution in [3.8, 4) is 0 Å². The van der Waals surface area contributed by atoms with Crippen molar-refractivity contribution in [2.45, 2.75) is 25.9 Å². The molecule has 0 spiro atoms. The first-order chi connectivity index (χ1) is 6.02. The van der Waals surface area contributed by atoms with Gasteiger partial charge >= 0.3 is 18.9 Å². The van der Waals surface area contributed by atoms with Crippen molar-refractivity contribution in [3.63, 3.8) is 0 Å². The van der Waals surface area contributed by atoms with Gasteiger partial charge in [0.25, 0.3) is 0 Å². The van der Waals surface area contributed by atoms with Crippen LogP contribution in [0, 0.1) is 0 Å². The van der Waals surface area contributed by atoms with Crippen LogP contribution in [0.5, 0.6) is 0 Å². The van der Waals surface area contributed by atoms with Gasteiger partial charge in [0.15, 0.2) is 0 Å². The van der Waals surface area contributed by atoms with Crippen LogP contribution >= 0.6 is 0 Å². The molecule has 0 amide bonds. The molecule has 0 aromatic heterocycles. The quantitative estimate of drug-likeness (QED) is 0.416. The average molecular weight is 192 g/mol. The van der Waals surface area contributed by atoms with Crippen LogP contribution in [0.4, 0.5) is 0 Å². The van der Waals surface area contributed by atoms with Gasteiger partial charge < -0.3 is 14.8 Å². The van der Waals surface area contributed by atoms with Crippen molar-refractivity contribution in [2.24, 2.45) is 0 Å². The number of nitrogens with zero attached hydrogens (tertiary/aromatic N) is 2. The van der Waals surface area contributed by atoms with E-state index in [2.05, 4.69) is 18.9 Å². The van der Waals surface area contributed by atoms with Gasteiger partial charge in [-0.2, -0.15) is 0 Å². The molecule has 1 saturated heterocycles. The SMILES string of the molecule is CC1CN(C)CCN1C(C)C(=O)[O-].[Li+]. The Bertz CT molecular complexity index is 201. The summed E-state index contributed by atoms with van der Waals surface area (Å²) in [5.41, 5.74) is 0. The Balaban J connectivity index is 0.00000169. The minimum Gasteiger partial charge on any atom is -0.548 e. The number of rotatable bonds is 2. The van der Waals surface area contributed by atoms with Crippen molar-refractivity contribution in [3.05, 3.63) is 0 Å². The van der Waals surface area contributed by atoms with Crippen molar-refractivity contribution in [1.29, 1.82) is 0 Å². The Hall–Kier alpha value is -0.0126. The Morgan fingerprint density at radius 3 is 2.50 bits per heavy atom. The number of hydrogen-bond acceptors (Lipinski definition) is 4. The smallest absolute Gasteiger partial charge is 0.548 e. The van der Waals surface area contributed by atoms with E-state index in [4.69, 9.17) is 0 Å². The number of piperazine rings is 1. The van der Waals surface area contributed by atoms with E-state index in [0.717, 1.165) is 19.6 Å². The minimum absolute atomic E-state index is 0. The van der Waals surface area contributed by atoms with Crippen LogP contribution in [0.2, 0.25) is 0 Å². The van der Waals surface area contributed by atoms with Gasteiger partial charge in [0.05, 0.1) is 5.97 Å². The van der Waals surface area contributed by atoms with E-state index in [1.165, 1.54) is 0 Å². The van der Waals surface area contributed by atoms with E-state index in [-0.39, 0.29) is 18.9 Å². The second-order valence-electron chi connectivity index (χ2n) is 3.84. The molecule has 1 heterocycles. The van der Waals surface area contributed by atoms with Crippen molar-refractivity contribution < 1.29 is 28.8 Å². The summed E-state index contributed by atoms with van der Waals surface area (Å²) in [6.07, 6.45) is 0. The van der Waals surface area contributed by atoms with E-state index in [9.17, 15) is 9.90 Å². The maximum absolute atomic E-state index is 10.7. The van der Waals surface area contributed by atoms with Crippen LogP contribution in [0.1, 0.15) is 13.8 Å². The van der Waals surface area contributed by atoms with Gasteiger partial charge in [-0.25, -0.2) is 0 Å². The van der Waals surface area contributed by atoms with Crippen LogP contribution in [0.25, 0.3) is 0 Å². The first kappa shape index (κ1) is 14.0. The first-order valence-corrected chi connectivity index (χ1v) is 4.67. The molecule has 1 aliphatic rings. The van der Waals surface area contributed by atoms with Gasteiger partial charge in [-0.05, 0) is 20.9 Å². The molecular formula is C9H17LiN2O2. The summed E-state index contributed by atoms with van der Waals surface area (Å²) in [5, 5.41) is 10.7. The monoisotopic (exact) mass is 192 g/mol. The molecule has 2 atom stereocenters. The normalized spacial score (nSPS) is 26.6. The average Bonchev–Trinajstić information content (AvgIpc) is 2.03. The number of hydrogen-bond donors (Lipinski definition) is 0. The topological polar surface area (TPSA) is 46.6 Å². The summed E-state index contributed by atoms with van der Waals surface area (Å²) in [6, 6.07) is -0.171. The van der Waals surface area contributed by atoms with Crippen LogP contribution in [0.3, 0.4) is 0 Å². The molecular weight excluding hydrogens is 175 g/mol. The van der Waals surface area contributed by atoms with Gasteiger partial charge in [0.2, 0.25) is 0 Å². The molecule has 0 aliphatic carbocycles. The molecule has 14 heavy (non-hydrogen) atoms. The molecule has 2 unspecified atom stereocenters. The van der Waals surface area contributed by atoms with Gasteiger partial charge in [0, 0.05) is 31.7 Å². The summed E-state index contributed by atoms with van der Waals surface area (Å²) >= 11 is 0. The number of aliphatic carboxylic acids is 1. The minimum atomic E-state index is -0.976. The Morgan fingerprint density at radius 1 is 1.50 bits per heavy atom. The zero-order valence-electron chi connectivity index (χ0n) is 9.49. The fourth-order valence-electron chi connectivity index (χ4n) is 1.86. The fraction of sp³-hybridized carbons (Fsp3) is 0.889. The van der Waals surface area contributed by atoms with E-state index in [1.807, 2.05) is 4.90 Å².